The van der Waals surface area contributed by atoms with Crippen LogP contribution in [0.1, 0.15) is 16.1 Å². The van der Waals surface area contributed by atoms with Crippen molar-refractivity contribution >= 4 is 12.4 Å². The summed E-state index contributed by atoms with van der Waals surface area (Å²) in [5, 5.41) is 3.99. The number of aldehydes is 1. The first-order chi connectivity index (χ1) is 4.92. The van der Waals surface area contributed by atoms with Crippen molar-refractivity contribution in [2.24, 2.45) is 0 Å². The summed E-state index contributed by atoms with van der Waals surface area (Å²) < 4.78 is 1.80. The second-order valence-electron chi connectivity index (χ2n) is 2.19. The van der Waals surface area contributed by atoms with Crippen molar-refractivity contribution in [3.05, 3.63) is 23.5 Å². The van der Waals surface area contributed by atoms with Gasteiger partial charge in [-0.15, -0.1) is 0 Å². The molecule has 1 aromatic heterocycles. The Bertz CT molecular complexity index is 299. The number of rotatable bonds is 1. The molecule has 3 heteroatoms. The molecule has 0 N–H and O–H groups in total. The number of hydrogen-bond acceptors (Lipinski definition) is 2. The minimum atomic E-state index is 0.675. The number of aromatic nitrogens is 2. The van der Waals surface area contributed by atoms with Crippen molar-refractivity contribution < 1.29 is 4.79 Å². The molecule has 3 nitrogen and oxygen atoms in total. The first-order valence-electron chi connectivity index (χ1n) is 3.09. The summed E-state index contributed by atoms with van der Waals surface area (Å²) >= 11 is 0. The van der Waals surface area contributed by atoms with E-state index in [2.05, 4.69) is 5.10 Å². The van der Waals surface area contributed by atoms with Gasteiger partial charge in [-0.05, 0) is 6.08 Å². The van der Waals surface area contributed by atoms with Gasteiger partial charge in [0.2, 0.25) is 0 Å². The van der Waals surface area contributed by atoms with Gasteiger partial charge in [0.05, 0.1) is 24.0 Å². The van der Waals surface area contributed by atoms with Gasteiger partial charge in [-0.25, -0.2) is 0 Å². The van der Waals surface area contributed by atoms with Crippen LogP contribution < -0.4 is 0 Å². The SMILES string of the molecule is O=Cc1cnn2c1C=CC2. The zero-order valence-electron chi connectivity index (χ0n) is 5.32. The highest BCUT2D eigenvalue weighted by molar-refractivity contribution is 5.80. The van der Waals surface area contributed by atoms with Gasteiger partial charge in [-0.2, -0.15) is 5.10 Å². The predicted molar refractivity (Wildman–Crippen MR) is 36.6 cm³/mol. The van der Waals surface area contributed by atoms with Crippen molar-refractivity contribution in [1.29, 1.82) is 0 Å². The first kappa shape index (κ1) is 5.41. The monoisotopic (exact) mass is 134 g/mol. The maximum Gasteiger partial charge on any atom is 0.153 e. The fourth-order valence-corrected chi connectivity index (χ4v) is 1.09. The van der Waals surface area contributed by atoms with Gasteiger partial charge in [-0.3, -0.25) is 9.48 Å². The molecule has 0 radical (unpaired) electrons. The molecule has 0 unspecified atom stereocenters. The van der Waals surface area contributed by atoms with Gasteiger partial charge in [0.25, 0.3) is 0 Å². The van der Waals surface area contributed by atoms with E-state index in [0.29, 0.717) is 5.56 Å². The Morgan fingerprint density at radius 2 is 2.60 bits per heavy atom. The van der Waals surface area contributed by atoms with Crippen LogP contribution in [0.25, 0.3) is 6.08 Å². The van der Waals surface area contributed by atoms with Crippen molar-refractivity contribution in [2.75, 3.05) is 0 Å². The van der Waals surface area contributed by atoms with E-state index in [0.717, 1.165) is 18.5 Å². The molecule has 2 heterocycles. The van der Waals surface area contributed by atoms with Crippen LogP contribution in [0.5, 0.6) is 0 Å². The second-order valence-corrected chi connectivity index (χ2v) is 2.19. The summed E-state index contributed by atoms with van der Waals surface area (Å²) in [4.78, 5) is 10.3. The molecule has 10 heavy (non-hydrogen) atoms. The van der Waals surface area contributed by atoms with Crippen LogP contribution in [0.4, 0.5) is 0 Å². The molecule has 0 saturated carbocycles. The van der Waals surface area contributed by atoms with Crippen LogP contribution in [-0.2, 0) is 6.54 Å². The number of nitrogens with zero attached hydrogens (tertiary/aromatic N) is 2. The molecule has 0 amide bonds. The average Bonchev–Trinajstić information content (AvgIpc) is 2.44. The van der Waals surface area contributed by atoms with Crippen LogP contribution >= 0.6 is 0 Å². The Morgan fingerprint density at radius 1 is 1.70 bits per heavy atom. The van der Waals surface area contributed by atoms with Crippen molar-refractivity contribution in [2.45, 2.75) is 6.54 Å². The third-order valence-electron chi connectivity index (χ3n) is 1.59. The van der Waals surface area contributed by atoms with Gasteiger partial charge >= 0.3 is 0 Å². The van der Waals surface area contributed by atoms with Crippen LogP contribution in [0.15, 0.2) is 12.3 Å². The topological polar surface area (TPSA) is 34.9 Å². The lowest BCUT2D eigenvalue weighted by Gasteiger charge is -1.90. The number of carbonyl (C=O) groups is 1. The molecule has 0 saturated heterocycles. The quantitative estimate of drug-likeness (QED) is 0.530. The Labute approximate surface area is 58.0 Å². The second kappa shape index (κ2) is 1.80. The maximum atomic E-state index is 10.3. The van der Waals surface area contributed by atoms with Crippen molar-refractivity contribution in [3.63, 3.8) is 0 Å². The maximum absolute atomic E-state index is 10.3. The molecule has 2 rings (SSSR count). The number of carbonyl (C=O) groups excluding carboxylic acids is 1. The molecule has 0 fully saturated rings. The van der Waals surface area contributed by atoms with E-state index in [1.165, 1.54) is 0 Å². The average molecular weight is 134 g/mol. The lowest BCUT2D eigenvalue weighted by Crippen LogP contribution is -1.94. The highest BCUT2D eigenvalue weighted by atomic mass is 16.1. The van der Waals surface area contributed by atoms with Gasteiger partial charge in [0.1, 0.15) is 0 Å². The molecule has 1 aromatic rings. The Kier molecular flexibility index (Phi) is 0.974. The lowest BCUT2D eigenvalue weighted by atomic mass is 10.3. The van der Waals surface area contributed by atoms with E-state index >= 15 is 0 Å². The summed E-state index contributed by atoms with van der Waals surface area (Å²) in [5.41, 5.74) is 1.60. The Hall–Kier alpha value is -1.38. The van der Waals surface area contributed by atoms with E-state index in [1.807, 2.05) is 12.2 Å². The number of fused-ring (bicyclic) bond motifs is 1. The molecule has 0 bridgehead atoms. The van der Waals surface area contributed by atoms with Gasteiger partial charge in [-0.1, -0.05) is 6.08 Å². The smallest absolute Gasteiger partial charge is 0.153 e. The molecule has 50 valence electrons. The van der Waals surface area contributed by atoms with Crippen LogP contribution in [0.2, 0.25) is 0 Å². The fourth-order valence-electron chi connectivity index (χ4n) is 1.09. The Balaban J connectivity index is 2.63. The van der Waals surface area contributed by atoms with E-state index in [-0.39, 0.29) is 0 Å². The molecule has 0 aromatic carbocycles. The van der Waals surface area contributed by atoms with Gasteiger partial charge in [0, 0.05) is 0 Å². The molecule has 1 aliphatic rings. The summed E-state index contributed by atoms with van der Waals surface area (Å²) in [7, 11) is 0. The van der Waals surface area contributed by atoms with Crippen molar-refractivity contribution in [1.82, 2.24) is 9.78 Å². The first-order valence-corrected chi connectivity index (χ1v) is 3.09. The van der Waals surface area contributed by atoms with Gasteiger partial charge < -0.3 is 0 Å². The third-order valence-corrected chi connectivity index (χ3v) is 1.59. The normalized spacial score (nSPS) is 13.6. The summed E-state index contributed by atoms with van der Waals surface area (Å²) in [6, 6.07) is 0. The fraction of sp³-hybridized carbons (Fsp3) is 0.143. The zero-order valence-corrected chi connectivity index (χ0v) is 5.32. The molecule has 0 spiro atoms. The minimum absolute atomic E-state index is 0.675. The Morgan fingerprint density at radius 3 is 3.40 bits per heavy atom. The van der Waals surface area contributed by atoms with Gasteiger partial charge in [0.15, 0.2) is 6.29 Å². The van der Waals surface area contributed by atoms with Crippen LogP contribution in [0, 0.1) is 0 Å². The highest BCUT2D eigenvalue weighted by Gasteiger charge is 2.09. The molecule has 0 aliphatic carbocycles. The van der Waals surface area contributed by atoms with E-state index in [1.54, 1.807) is 10.9 Å². The molecular formula is C7H6N2O. The van der Waals surface area contributed by atoms with Crippen molar-refractivity contribution in [3.8, 4) is 0 Å². The largest absolute Gasteiger partial charge is 0.298 e. The summed E-state index contributed by atoms with van der Waals surface area (Å²) in [6.07, 6.45) is 6.31. The molecular weight excluding hydrogens is 128 g/mol. The van der Waals surface area contributed by atoms with E-state index < -0.39 is 0 Å². The standard InChI is InChI=1S/C7H6N2O/c10-5-6-4-8-9-3-1-2-7(6)9/h1-2,4-5H,3H2. The highest BCUT2D eigenvalue weighted by Crippen LogP contribution is 2.13. The van der Waals surface area contributed by atoms with Crippen LogP contribution in [-0.4, -0.2) is 16.1 Å². The summed E-state index contributed by atoms with van der Waals surface area (Å²) in [6.45, 7) is 0.795. The van der Waals surface area contributed by atoms with E-state index in [4.69, 9.17) is 0 Å². The molecule has 0 atom stereocenters. The van der Waals surface area contributed by atoms with E-state index in [9.17, 15) is 4.79 Å². The predicted octanol–water partition coefficient (Wildman–Crippen LogP) is 0.722. The minimum Gasteiger partial charge on any atom is -0.298 e. The molecule has 1 aliphatic heterocycles. The third kappa shape index (κ3) is 0.543. The summed E-state index contributed by atoms with van der Waals surface area (Å²) in [5.74, 6) is 0. The van der Waals surface area contributed by atoms with Crippen LogP contribution in [0.3, 0.4) is 0 Å². The lowest BCUT2D eigenvalue weighted by molar-refractivity contribution is 0.112. The number of hydrogen-bond donors (Lipinski definition) is 0. The number of allylic oxidation sites excluding steroid dienone is 1. The zero-order chi connectivity index (χ0) is 6.97.